The zero-order chi connectivity index (χ0) is 14.0. The molecule has 6 heteroatoms. The molecule has 0 fully saturated rings. The lowest BCUT2D eigenvalue weighted by atomic mass is 10.0. The van der Waals surface area contributed by atoms with E-state index in [1.165, 1.54) is 0 Å². The smallest absolute Gasteiger partial charge is 0.119 e. The van der Waals surface area contributed by atoms with Crippen LogP contribution in [0.3, 0.4) is 0 Å². The molecule has 1 N–H and O–H groups in total. The number of rotatable bonds is 4. The number of benzene rings is 1. The SMILES string of the molecule is CNC(c1cc(OC)ccc1Br)c1c(Br)cnn1C. The van der Waals surface area contributed by atoms with Gasteiger partial charge in [0.25, 0.3) is 0 Å². The molecule has 0 spiro atoms. The van der Waals surface area contributed by atoms with Crippen molar-refractivity contribution in [1.82, 2.24) is 15.1 Å². The zero-order valence-corrected chi connectivity index (χ0v) is 14.1. The van der Waals surface area contributed by atoms with Crippen LogP contribution in [0, 0.1) is 0 Å². The molecule has 1 heterocycles. The molecule has 0 bridgehead atoms. The highest BCUT2D eigenvalue weighted by molar-refractivity contribution is 9.10. The summed E-state index contributed by atoms with van der Waals surface area (Å²) in [5.74, 6) is 0.830. The number of hydrogen-bond acceptors (Lipinski definition) is 3. The molecule has 0 aliphatic rings. The second-order valence-electron chi connectivity index (χ2n) is 4.11. The largest absolute Gasteiger partial charge is 0.497 e. The van der Waals surface area contributed by atoms with E-state index in [2.05, 4.69) is 42.3 Å². The second-order valence-corrected chi connectivity index (χ2v) is 5.82. The Hall–Kier alpha value is -0.850. The first-order valence-corrected chi connectivity index (χ1v) is 7.35. The van der Waals surface area contributed by atoms with E-state index < -0.39 is 0 Å². The highest BCUT2D eigenvalue weighted by Crippen LogP contribution is 2.34. The van der Waals surface area contributed by atoms with Crippen LogP contribution in [-0.2, 0) is 7.05 Å². The summed E-state index contributed by atoms with van der Waals surface area (Å²) in [5, 5.41) is 7.58. The van der Waals surface area contributed by atoms with E-state index in [4.69, 9.17) is 4.74 Å². The van der Waals surface area contributed by atoms with E-state index >= 15 is 0 Å². The predicted molar refractivity (Wildman–Crippen MR) is 82.5 cm³/mol. The van der Waals surface area contributed by atoms with E-state index in [-0.39, 0.29) is 6.04 Å². The number of nitrogens with one attached hydrogen (secondary N) is 1. The predicted octanol–water partition coefficient (Wildman–Crippen LogP) is 3.26. The molecule has 0 amide bonds. The number of hydrogen-bond donors (Lipinski definition) is 1. The lowest BCUT2D eigenvalue weighted by Crippen LogP contribution is -2.21. The Morgan fingerprint density at radius 2 is 2.05 bits per heavy atom. The van der Waals surface area contributed by atoms with Crippen molar-refractivity contribution >= 4 is 31.9 Å². The van der Waals surface area contributed by atoms with Crippen molar-refractivity contribution in [3.05, 3.63) is 44.6 Å². The van der Waals surface area contributed by atoms with Gasteiger partial charge in [-0.1, -0.05) is 15.9 Å². The molecule has 1 aromatic carbocycles. The van der Waals surface area contributed by atoms with Gasteiger partial charge in [0.1, 0.15) is 5.75 Å². The third kappa shape index (κ3) is 2.85. The molecule has 0 aliphatic heterocycles. The van der Waals surface area contributed by atoms with E-state index in [0.29, 0.717) is 0 Å². The van der Waals surface area contributed by atoms with Crippen molar-refractivity contribution in [2.45, 2.75) is 6.04 Å². The Morgan fingerprint density at radius 3 is 2.58 bits per heavy atom. The maximum absolute atomic E-state index is 5.30. The number of nitrogens with zero attached hydrogens (tertiary/aromatic N) is 2. The van der Waals surface area contributed by atoms with Gasteiger partial charge in [0, 0.05) is 11.5 Å². The summed E-state index contributed by atoms with van der Waals surface area (Å²) in [4.78, 5) is 0. The zero-order valence-electron chi connectivity index (χ0n) is 10.9. The number of halogens is 2. The molecule has 19 heavy (non-hydrogen) atoms. The summed E-state index contributed by atoms with van der Waals surface area (Å²) in [5.41, 5.74) is 2.17. The van der Waals surface area contributed by atoms with Crippen molar-refractivity contribution in [2.75, 3.05) is 14.2 Å². The topological polar surface area (TPSA) is 39.1 Å². The standard InChI is InChI=1S/C13H15Br2N3O/c1-16-12(13-11(15)7-17-18(13)2)9-6-8(19-3)4-5-10(9)14/h4-7,12,16H,1-3H3. The fourth-order valence-corrected chi connectivity index (χ4v) is 3.11. The third-order valence-electron chi connectivity index (χ3n) is 3.01. The monoisotopic (exact) mass is 387 g/mol. The van der Waals surface area contributed by atoms with Crippen molar-refractivity contribution in [3.63, 3.8) is 0 Å². The van der Waals surface area contributed by atoms with Crippen molar-refractivity contribution in [2.24, 2.45) is 7.05 Å². The molecule has 0 aliphatic carbocycles. The molecule has 0 radical (unpaired) electrons. The molecular weight excluding hydrogens is 374 g/mol. The third-order valence-corrected chi connectivity index (χ3v) is 4.35. The van der Waals surface area contributed by atoms with Crippen LogP contribution in [0.25, 0.3) is 0 Å². The van der Waals surface area contributed by atoms with Crippen LogP contribution >= 0.6 is 31.9 Å². The molecule has 102 valence electrons. The van der Waals surface area contributed by atoms with Crippen LogP contribution < -0.4 is 10.1 Å². The summed E-state index contributed by atoms with van der Waals surface area (Å²) in [6.07, 6.45) is 1.80. The van der Waals surface area contributed by atoms with Gasteiger partial charge in [0.05, 0.1) is 29.5 Å². The van der Waals surface area contributed by atoms with Gasteiger partial charge in [0.2, 0.25) is 0 Å². The fourth-order valence-electron chi connectivity index (χ4n) is 2.05. The number of ether oxygens (including phenoxy) is 1. The van der Waals surface area contributed by atoms with Gasteiger partial charge < -0.3 is 10.1 Å². The normalized spacial score (nSPS) is 12.5. The first kappa shape index (κ1) is 14.6. The Balaban J connectivity index is 2.54. The molecule has 1 atom stereocenters. The lowest BCUT2D eigenvalue weighted by Gasteiger charge is -2.20. The first-order valence-electron chi connectivity index (χ1n) is 5.76. The summed E-state index contributed by atoms with van der Waals surface area (Å²) in [6, 6.07) is 5.96. The molecule has 2 aromatic rings. The van der Waals surface area contributed by atoms with Gasteiger partial charge in [-0.2, -0.15) is 5.10 Å². The average Bonchev–Trinajstić information content (AvgIpc) is 2.73. The fraction of sp³-hybridized carbons (Fsp3) is 0.308. The highest BCUT2D eigenvalue weighted by Gasteiger charge is 2.21. The van der Waals surface area contributed by atoms with Crippen molar-refractivity contribution in [1.29, 1.82) is 0 Å². The molecule has 0 saturated carbocycles. The minimum absolute atomic E-state index is 0.0198. The van der Waals surface area contributed by atoms with Crippen LogP contribution in [0.4, 0.5) is 0 Å². The maximum atomic E-state index is 5.30. The number of aromatic nitrogens is 2. The van der Waals surface area contributed by atoms with Crippen LogP contribution in [0.15, 0.2) is 33.3 Å². The summed E-state index contributed by atoms with van der Waals surface area (Å²) < 4.78 is 9.16. The van der Waals surface area contributed by atoms with Gasteiger partial charge in [-0.15, -0.1) is 0 Å². The Kier molecular flexibility index (Phi) is 4.65. The molecule has 2 rings (SSSR count). The van der Waals surface area contributed by atoms with Gasteiger partial charge in [0.15, 0.2) is 0 Å². The summed E-state index contributed by atoms with van der Waals surface area (Å²) in [6.45, 7) is 0. The van der Waals surface area contributed by atoms with E-state index in [0.717, 1.165) is 26.0 Å². The van der Waals surface area contributed by atoms with Gasteiger partial charge in [-0.3, -0.25) is 4.68 Å². The minimum atomic E-state index is 0.0198. The highest BCUT2D eigenvalue weighted by atomic mass is 79.9. The van der Waals surface area contributed by atoms with E-state index in [1.54, 1.807) is 13.3 Å². The van der Waals surface area contributed by atoms with Crippen LogP contribution in [-0.4, -0.2) is 23.9 Å². The Labute approximate surface area is 129 Å². The molecular formula is C13H15Br2N3O. The van der Waals surface area contributed by atoms with Gasteiger partial charge in [-0.25, -0.2) is 0 Å². The van der Waals surface area contributed by atoms with E-state index in [9.17, 15) is 0 Å². The summed E-state index contributed by atoms with van der Waals surface area (Å²) in [7, 11) is 5.52. The maximum Gasteiger partial charge on any atom is 0.119 e. The molecule has 1 aromatic heterocycles. The van der Waals surface area contributed by atoms with Crippen molar-refractivity contribution in [3.8, 4) is 5.75 Å². The van der Waals surface area contributed by atoms with Gasteiger partial charge >= 0.3 is 0 Å². The average molecular weight is 389 g/mol. The lowest BCUT2D eigenvalue weighted by molar-refractivity contribution is 0.413. The Bertz CT molecular complexity index is 564. The van der Waals surface area contributed by atoms with Crippen LogP contribution in [0.2, 0.25) is 0 Å². The van der Waals surface area contributed by atoms with E-state index in [1.807, 2.05) is 37.0 Å². The first-order chi connectivity index (χ1) is 9.08. The molecule has 4 nitrogen and oxygen atoms in total. The molecule has 0 saturated heterocycles. The van der Waals surface area contributed by atoms with Crippen LogP contribution in [0.5, 0.6) is 5.75 Å². The number of methoxy groups -OCH3 is 1. The molecule has 1 unspecified atom stereocenters. The summed E-state index contributed by atoms with van der Waals surface area (Å²) >= 11 is 7.14. The van der Waals surface area contributed by atoms with Crippen LogP contribution in [0.1, 0.15) is 17.3 Å². The second kappa shape index (κ2) is 6.07. The van der Waals surface area contributed by atoms with Gasteiger partial charge in [-0.05, 0) is 46.7 Å². The number of aryl methyl sites for hydroxylation is 1. The van der Waals surface area contributed by atoms with Crippen molar-refractivity contribution < 1.29 is 4.74 Å². The Morgan fingerprint density at radius 1 is 1.32 bits per heavy atom. The quantitative estimate of drug-likeness (QED) is 0.873. The minimum Gasteiger partial charge on any atom is -0.497 e.